The summed E-state index contributed by atoms with van der Waals surface area (Å²) in [5, 5.41) is 11.6. The van der Waals surface area contributed by atoms with Crippen molar-refractivity contribution in [1.29, 1.82) is 0 Å². The van der Waals surface area contributed by atoms with Crippen molar-refractivity contribution in [2.75, 3.05) is 0 Å². The Balaban J connectivity index is 2.49. The lowest BCUT2D eigenvalue weighted by molar-refractivity contribution is 0.0994. The van der Waals surface area contributed by atoms with Gasteiger partial charge in [-0.1, -0.05) is 36.4 Å². The van der Waals surface area contributed by atoms with Crippen molar-refractivity contribution in [1.82, 2.24) is 0 Å². The number of aromatic hydroxyl groups is 1. The molecule has 78 valence electrons. The van der Waals surface area contributed by atoms with Gasteiger partial charge < -0.3 is 5.11 Å². The van der Waals surface area contributed by atoms with E-state index in [0.717, 1.165) is 16.3 Å². The molecule has 1 aliphatic rings. The van der Waals surface area contributed by atoms with Gasteiger partial charge in [0.15, 0.2) is 5.78 Å². The van der Waals surface area contributed by atoms with Crippen molar-refractivity contribution in [2.45, 2.75) is 6.42 Å². The van der Waals surface area contributed by atoms with Crippen LogP contribution in [0.3, 0.4) is 0 Å². The summed E-state index contributed by atoms with van der Waals surface area (Å²) in [7, 11) is 0. The average Bonchev–Trinajstić information content (AvgIpc) is 2.31. The molecular weight excluding hydrogens is 200 g/mol. The molecule has 2 heteroatoms. The van der Waals surface area contributed by atoms with Crippen molar-refractivity contribution in [3.63, 3.8) is 0 Å². The van der Waals surface area contributed by atoms with Crippen LogP contribution in [0.2, 0.25) is 0 Å². The highest BCUT2D eigenvalue weighted by Gasteiger charge is 2.17. The SMILES string of the molecule is O=C1CC=Cc2c1cc(O)c1ccccc21. The summed E-state index contributed by atoms with van der Waals surface area (Å²) in [6.07, 6.45) is 4.25. The zero-order chi connectivity index (χ0) is 11.1. The number of benzene rings is 2. The molecule has 1 N–H and O–H groups in total. The number of carbonyl (C=O) groups is 1. The molecule has 2 aromatic carbocycles. The minimum atomic E-state index is 0.0681. The standard InChI is InChI=1S/C14H10O2/c15-13-7-3-6-10-9-4-1-2-5-11(9)14(16)8-12(10)13/h1-6,8,16H,7H2. The van der Waals surface area contributed by atoms with Crippen molar-refractivity contribution < 1.29 is 9.90 Å². The van der Waals surface area contributed by atoms with Crippen molar-refractivity contribution in [2.24, 2.45) is 0 Å². The number of fused-ring (bicyclic) bond motifs is 3. The number of rotatable bonds is 0. The van der Waals surface area contributed by atoms with Crippen LogP contribution >= 0.6 is 0 Å². The lowest BCUT2D eigenvalue weighted by Gasteiger charge is -2.13. The minimum absolute atomic E-state index is 0.0681. The quantitative estimate of drug-likeness (QED) is 0.725. The van der Waals surface area contributed by atoms with E-state index in [1.54, 1.807) is 6.07 Å². The first-order valence-electron chi connectivity index (χ1n) is 5.22. The van der Waals surface area contributed by atoms with Gasteiger partial charge in [0.05, 0.1) is 0 Å². The number of phenolic OH excluding ortho intramolecular Hbond substituents is 1. The molecule has 16 heavy (non-hydrogen) atoms. The maximum absolute atomic E-state index is 11.7. The molecule has 0 aliphatic heterocycles. The monoisotopic (exact) mass is 210 g/mol. The molecule has 0 unspecified atom stereocenters. The summed E-state index contributed by atoms with van der Waals surface area (Å²) in [4.78, 5) is 11.7. The zero-order valence-electron chi connectivity index (χ0n) is 8.60. The van der Waals surface area contributed by atoms with Gasteiger partial charge in [-0.15, -0.1) is 0 Å². The second kappa shape index (κ2) is 3.20. The molecule has 3 rings (SSSR count). The van der Waals surface area contributed by atoms with Crippen LogP contribution in [0.1, 0.15) is 22.3 Å². The fraction of sp³-hybridized carbons (Fsp3) is 0.0714. The molecule has 0 radical (unpaired) electrons. The largest absolute Gasteiger partial charge is 0.507 e. The van der Waals surface area contributed by atoms with Crippen molar-refractivity contribution in [3.8, 4) is 5.75 Å². The number of phenols is 1. The molecular formula is C14H10O2. The molecule has 0 spiro atoms. The Hall–Kier alpha value is -2.09. The third kappa shape index (κ3) is 1.16. The van der Waals surface area contributed by atoms with Crippen LogP contribution in [0.5, 0.6) is 5.75 Å². The average molecular weight is 210 g/mol. The van der Waals surface area contributed by atoms with Gasteiger partial charge in [0.25, 0.3) is 0 Å². The Morgan fingerprint density at radius 3 is 2.69 bits per heavy atom. The second-order valence-corrected chi connectivity index (χ2v) is 3.93. The van der Waals surface area contributed by atoms with Gasteiger partial charge in [-0.2, -0.15) is 0 Å². The molecule has 0 saturated carbocycles. The fourth-order valence-electron chi connectivity index (χ4n) is 2.18. The van der Waals surface area contributed by atoms with Gasteiger partial charge in [0, 0.05) is 17.4 Å². The van der Waals surface area contributed by atoms with E-state index in [2.05, 4.69) is 0 Å². The van der Waals surface area contributed by atoms with Gasteiger partial charge in [-0.05, 0) is 17.0 Å². The van der Waals surface area contributed by atoms with Crippen LogP contribution in [0.25, 0.3) is 16.8 Å². The maximum Gasteiger partial charge on any atom is 0.167 e. The summed E-state index contributed by atoms with van der Waals surface area (Å²) >= 11 is 0. The molecule has 0 amide bonds. The Labute approximate surface area is 92.8 Å². The number of allylic oxidation sites excluding steroid dienone is 1. The maximum atomic E-state index is 11.7. The molecule has 2 aromatic rings. The van der Waals surface area contributed by atoms with Crippen LogP contribution in [-0.4, -0.2) is 10.9 Å². The first-order chi connectivity index (χ1) is 7.77. The van der Waals surface area contributed by atoms with Crippen LogP contribution in [0.4, 0.5) is 0 Å². The Bertz CT molecular complexity index is 624. The molecule has 0 atom stereocenters. The highest BCUT2D eigenvalue weighted by molar-refractivity contribution is 6.10. The van der Waals surface area contributed by atoms with E-state index in [0.29, 0.717) is 12.0 Å². The number of carbonyl (C=O) groups excluding carboxylic acids is 1. The summed E-state index contributed by atoms with van der Waals surface area (Å²) < 4.78 is 0. The molecule has 0 heterocycles. The summed E-state index contributed by atoms with van der Waals surface area (Å²) in [6.45, 7) is 0. The normalized spacial score (nSPS) is 14.1. The lowest BCUT2D eigenvalue weighted by Crippen LogP contribution is -2.04. The Morgan fingerprint density at radius 1 is 1.12 bits per heavy atom. The molecule has 0 fully saturated rings. The van der Waals surface area contributed by atoms with Gasteiger partial charge >= 0.3 is 0 Å². The second-order valence-electron chi connectivity index (χ2n) is 3.93. The molecule has 0 saturated heterocycles. The predicted molar refractivity (Wildman–Crippen MR) is 63.6 cm³/mol. The molecule has 2 nitrogen and oxygen atoms in total. The molecule has 1 aliphatic carbocycles. The first kappa shape index (κ1) is 9.16. The van der Waals surface area contributed by atoms with Crippen molar-refractivity contribution in [3.05, 3.63) is 47.5 Å². The van der Waals surface area contributed by atoms with Crippen LogP contribution in [-0.2, 0) is 0 Å². The number of hydrogen-bond acceptors (Lipinski definition) is 2. The van der Waals surface area contributed by atoms with Crippen LogP contribution in [0.15, 0.2) is 36.4 Å². The van der Waals surface area contributed by atoms with E-state index in [9.17, 15) is 9.90 Å². The number of hydrogen-bond donors (Lipinski definition) is 1. The fourth-order valence-corrected chi connectivity index (χ4v) is 2.18. The number of ketones is 1. The van der Waals surface area contributed by atoms with Crippen molar-refractivity contribution >= 4 is 22.6 Å². The number of Topliss-reactive ketones (excluding diaryl/α,β-unsaturated/α-hetero) is 1. The molecule has 0 aromatic heterocycles. The highest BCUT2D eigenvalue weighted by Crippen LogP contribution is 2.33. The van der Waals surface area contributed by atoms with Gasteiger partial charge in [-0.25, -0.2) is 0 Å². The summed E-state index contributed by atoms with van der Waals surface area (Å²) in [5.41, 5.74) is 1.54. The van der Waals surface area contributed by atoms with E-state index in [1.807, 2.05) is 36.4 Å². The lowest BCUT2D eigenvalue weighted by atomic mass is 9.91. The third-order valence-corrected chi connectivity index (χ3v) is 2.95. The van der Waals surface area contributed by atoms with E-state index < -0.39 is 0 Å². The predicted octanol–water partition coefficient (Wildman–Crippen LogP) is 3.15. The van der Waals surface area contributed by atoms with Gasteiger partial charge in [0.1, 0.15) is 5.75 Å². The van der Waals surface area contributed by atoms with Gasteiger partial charge in [-0.3, -0.25) is 4.79 Å². The zero-order valence-corrected chi connectivity index (χ0v) is 8.60. The molecule has 0 bridgehead atoms. The summed E-state index contributed by atoms with van der Waals surface area (Å²) in [6, 6.07) is 9.15. The summed E-state index contributed by atoms with van der Waals surface area (Å²) in [5.74, 6) is 0.247. The smallest absolute Gasteiger partial charge is 0.167 e. The Morgan fingerprint density at radius 2 is 1.88 bits per heavy atom. The van der Waals surface area contributed by atoms with E-state index in [4.69, 9.17) is 0 Å². The Kier molecular flexibility index (Phi) is 1.83. The van der Waals surface area contributed by atoms with Gasteiger partial charge in [0.2, 0.25) is 0 Å². The van der Waals surface area contributed by atoms with E-state index >= 15 is 0 Å². The van der Waals surface area contributed by atoms with E-state index in [1.165, 1.54) is 0 Å². The van der Waals surface area contributed by atoms with E-state index in [-0.39, 0.29) is 11.5 Å². The minimum Gasteiger partial charge on any atom is -0.507 e. The highest BCUT2D eigenvalue weighted by atomic mass is 16.3. The van der Waals surface area contributed by atoms with Crippen LogP contribution in [0, 0.1) is 0 Å². The first-order valence-corrected chi connectivity index (χ1v) is 5.22. The topological polar surface area (TPSA) is 37.3 Å². The van der Waals surface area contributed by atoms with Crippen LogP contribution < -0.4 is 0 Å². The third-order valence-electron chi connectivity index (χ3n) is 2.95.